The van der Waals surface area contributed by atoms with E-state index in [1.165, 1.54) is 5.56 Å². The van der Waals surface area contributed by atoms with Gasteiger partial charge in [0, 0.05) is 42.7 Å². The number of carbonyl (C=O) groups excluding carboxylic acids is 1. The molecule has 1 fully saturated rings. The zero-order valence-corrected chi connectivity index (χ0v) is 15.1. The second kappa shape index (κ2) is 7.36. The van der Waals surface area contributed by atoms with Crippen LogP contribution in [0.5, 0.6) is 0 Å². The molecular weight excluding hydrogens is 326 g/mol. The Morgan fingerprint density at radius 1 is 1.22 bits per heavy atom. The van der Waals surface area contributed by atoms with E-state index in [0.29, 0.717) is 0 Å². The smallest absolute Gasteiger partial charge is 0.235 e. The molecule has 1 aliphatic rings. The van der Waals surface area contributed by atoms with Crippen molar-refractivity contribution in [1.29, 1.82) is 0 Å². The number of benzene rings is 1. The minimum atomic E-state index is -0.0517. The number of thioether (sulfide) groups is 1. The third-order valence-electron chi connectivity index (χ3n) is 3.96. The van der Waals surface area contributed by atoms with Crippen LogP contribution in [0.25, 0.3) is 0 Å². The van der Waals surface area contributed by atoms with Crippen molar-refractivity contribution in [2.45, 2.75) is 24.0 Å². The van der Waals surface area contributed by atoms with Gasteiger partial charge >= 0.3 is 0 Å². The third kappa shape index (κ3) is 4.06. The molecule has 0 aliphatic carbocycles. The molecule has 1 aromatic heterocycles. The molecule has 3 rings (SSSR count). The topological polar surface area (TPSA) is 36.4 Å². The van der Waals surface area contributed by atoms with E-state index in [2.05, 4.69) is 41.1 Å². The minimum absolute atomic E-state index is 0.0517. The van der Waals surface area contributed by atoms with Gasteiger partial charge in [-0.2, -0.15) is 0 Å². The predicted molar refractivity (Wildman–Crippen MR) is 97.4 cm³/mol. The summed E-state index contributed by atoms with van der Waals surface area (Å²) in [6, 6.07) is 8.35. The van der Waals surface area contributed by atoms with Gasteiger partial charge in [-0.3, -0.25) is 4.79 Å². The second-order valence-corrected chi connectivity index (χ2v) is 7.99. The lowest BCUT2D eigenvalue weighted by Crippen LogP contribution is -2.50. The van der Waals surface area contributed by atoms with E-state index >= 15 is 0 Å². The van der Waals surface area contributed by atoms with Crippen LogP contribution in [0.15, 0.2) is 40.7 Å². The molecule has 1 aliphatic heterocycles. The highest BCUT2D eigenvalue weighted by atomic mass is 32.2. The van der Waals surface area contributed by atoms with Crippen LogP contribution in [0.3, 0.4) is 0 Å². The average Bonchev–Trinajstić information content (AvgIpc) is 3.11. The van der Waals surface area contributed by atoms with Gasteiger partial charge in [0.05, 0.1) is 5.25 Å². The number of aromatic nitrogens is 1. The molecule has 0 radical (unpaired) electrons. The van der Waals surface area contributed by atoms with Crippen molar-refractivity contribution < 1.29 is 4.79 Å². The highest BCUT2D eigenvalue weighted by molar-refractivity contribution is 8.00. The van der Waals surface area contributed by atoms with Gasteiger partial charge in [-0.05, 0) is 26.0 Å². The van der Waals surface area contributed by atoms with Gasteiger partial charge in [-0.1, -0.05) is 17.7 Å². The van der Waals surface area contributed by atoms with Crippen LogP contribution in [0, 0.1) is 6.92 Å². The quantitative estimate of drug-likeness (QED) is 0.795. The molecule has 122 valence electrons. The first-order chi connectivity index (χ1) is 11.1. The summed E-state index contributed by atoms with van der Waals surface area (Å²) in [4.78, 5) is 22.4. The van der Waals surface area contributed by atoms with Crippen molar-refractivity contribution in [2.24, 2.45) is 0 Å². The van der Waals surface area contributed by atoms with Crippen molar-refractivity contribution in [2.75, 3.05) is 31.1 Å². The summed E-state index contributed by atoms with van der Waals surface area (Å²) in [6.07, 6.45) is 1.83. The lowest BCUT2D eigenvalue weighted by molar-refractivity contribution is -0.130. The third-order valence-corrected chi connectivity index (χ3v) is 5.89. The van der Waals surface area contributed by atoms with Crippen molar-refractivity contribution in [1.82, 2.24) is 9.88 Å². The Morgan fingerprint density at radius 2 is 1.91 bits per heavy atom. The van der Waals surface area contributed by atoms with Crippen molar-refractivity contribution in [3.63, 3.8) is 0 Å². The van der Waals surface area contributed by atoms with Crippen molar-refractivity contribution in [3.05, 3.63) is 41.4 Å². The number of piperazine rings is 1. The van der Waals surface area contributed by atoms with Crippen LogP contribution in [-0.4, -0.2) is 47.2 Å². The molecule has 1 atom stereocenters. The highest BCUT2D eigenvalue weighted by Crippen LogP contribution is 2.26. The largest absolute Gasteiger partial charge is 0.345 e. The van der Waals surface area contributed by atoms with E-state index in [9.17, 15) is 4.79 Å². The number of anilines is 1. The number of hydrogen-bond acceptors (Lipinski definition) is 5. The Hall–Kier alpha value is -1.53. The standard InChI is InChI=1S/C17H21N3OS2/c1-13-3-5-15(6-4-13)23-14(2)16(21)19-8-10-20(11-9-19)17-18-7-12-22-17/h3-7,12,14H,8-11H2,1-2H3/t14-/m1/s1. The summed E-state index contributed by atoms with van der Waals surface area (Å²) in [5, 5.41) is 3.00. The predicted octanol–water partition coefficient (Wildman–Crippen LogP) is 3.28. The maximum absolute atomic E-state index is 12.6. The monoisotopic (exact) mass is 347 g/mol. The Morgan fingerprint density at radius 3 is 2.52 bits per heavy atom. The van der Waals surface area contributed by atoms with Crippen molar-refractivity contribution in [3.8, 4) is 0 Å². The first-order valence-corrected chi connectivity index (χ1v) is 9.56. The Bertz CT molecular complexity index is 634. The van der Waals surface area contributed by atoms with Gasteiger partial charge in [0.15, 0.2) is 5.13 Å². The molecule has 0 saturated carbocycles. The number of hydrogen-bond donors (Lipinski definition) is 0. The summed E-state index contributed by atoms with van der Waals surface area (Å²) in [7, 11) is 0. The molecule has 2 heterocycles. The van der Waals surface area contributed by atoms with Crippen molar-refractivity contribution >= 4 is 34.1 Å². The molecule has 1 aromatic carbocycles. The lowest BCUT2D eigenvalue weighted by atomic mass is 10.2. The number of amides is 1. The fraction of sp³-hybridized carbons (Fsp3) is 0.412. The molecule has 0 bridgehead atoms. The van der Waals surface area contributed by atoms with Gasteiger partial charge < -0.3 is 9.80 Å². The molecule has 1 amide bonds. The van der Waals surface area contributed by atoms with E-state index < -0.39 is 0 Å². The lowest BCUT2D eigenvalue weighted by Gasteiger charge is -2.35. The molecule has 23 heavy (non-hydrogen) atoms. The van der Waals surface area contributed by atoms with Gasteiger partial charge in [-0.15, -0.1) is 23.1 Å². The number of thiazole rings is 1. The number of rotatable bonds is 4. The molecule has 6 heteroatoms. The molecule has 1 saturated heterocycles. The number of nitrogens with zero attached hydrogens (tertiary/aromatic N) is 3. The zero-order valence-electron chi connectivity index (χ0n) is 13.4. The van der Waals surface area contributed by atoms with Gasteiger partial charge in [0.2, 0.25) is 5.91 Å². The van der Waals surface area contributed by atoms with E-state index in [4.69, 9.17) is 0 Å². The van der Waals surface area contributed by atoms with E-state index in [1.807, 2.05) is 23.4 Å². The fourth-order valence-corrected chi connectivity index (χ4v) is 4.27. The molecule has 2 aromatic rings. The van der Waals surface area contributed by atoms with E-state index in [-0.39, 0.29) is 11.2 Å². The highest BCUT2D eigenvalue weighted by Gasteiger charge is 2.26. The first kappa shape index (κ1) is 16.3. The summed E-state index contributed by atoms with van der Waals surface area (Å²) in [5.74, 6) is 0.231. The van der Waals surface area contributed by atoms with Crippen LogP contribution in [-0.2, 0) is 4.79 Å². The molecule has 4 nitrogen and oxygen atoms in total. The van der Waals surface area contributed by atoms with Gasteiger partial charge in [-0.25, -0.2) is 4.98 Å². The summed E-state index contributed by atoms with van der Waals surface area (Å²) in [5.41, 5.74) is 1.24. The maximum atomic E-state index is 12.6. The minimum Gasteiger partial charge on any atom is -0.345 e. The molecule has 0 unspecified atom stereocenters. The Balaban J connectivity index is 1.53. The van der Waals surface area contributed by atoms with Crippen LogP contribution < -0.4 is 4.90 Å². The van der Waals surface area contributed by atoms with Gasteiger partial charge in [0.25, 0.3) is 0 Å². The summed E-state index contributed by atoms with van der Waals surface area (Å²) in [6.45, 7) is 7.35. The maximum Gasteiger partial charge on any atom is 0.235 e. The zero-order chi connectivity index (χ0) is 16.2. The summed E-state index contributed by atoms with van der Waals surface area (Å²) >= 11 is 3.29. The van der Waals surface area contributed by atoms with E-state index in [0.717, 1.165) is 36.2 Å². The SMILES string of the molecule is Cc1ccc(S[C@H](C)C(=O)N2CCN(c3nccs3)CC2)cc1. The Labute approximate surface area is 145 Å². The first-order valence-electron chi connectivity index (χ1n) is 7.80. The Kier molecular flexibility index (Phi) is 5.23. The molecular formula is C17H21N3OS2. The number of carbonyl (C=O) groups is 1. The molecule has 0 spiro atoms. The normalized spacial score (nSPS) is 16.4. The number of aryl methyl sites for hydroxylation is 1. The van der Waals surface area contributed by atoms with E-state index in [1.54, 1.807) is 23.1 Å². The molecule has 0 N–H and O–H groups in total. The average molecular weight is 348 g/mol. The van der Waals surface area contributed by atoms with Crippen LogP contribution in [0.1, 0.15) is 12.5 Å². The van der Waals surface area contributed by atoms with Gasteiger partial charge in [0.1, 0.15) is 0 Å². The summed E-state index contributed by atoms with van der Waals surface area (Å²) < 4.78 is 0. The van der Waals surface area contributed by atoms with Crippen LogP contribution in [0.4, 0.5) is 5.13 Å². The second-order valence-electron chi connectivity index (χ2n) is 5.70. The fourth-order valence-electron chi connectivity index (χ4n) is 2.62. The van der Waals surface area contributed by atoms with Crippen LogP contribution in [0.2, 0.25) is 0 Å². The van der Waals surface area contributed by atoms with Crippen LogP contribution >= 0.6 is 23.1 Å².